The number of methoxy groups -OCH3 is 1. The van der Waals surface area contributed by atoms with Gasteiger partial charge in [-0.15, -0.1) is 0 Å². The van der Waals surface area contributed by atoms with E-state index in [1.807, 2.05) is 0 Å². The van der Waals surface area contributed by atoms with Crippen LogP contribution in [0.3, 0.4) is 0 Å². The number of hydrogen-bond acceptors (Lipinski definition) is 4. The highest BCUT2D eigenvalue weighted by Gasteiger charge is 2.09. The second-order valence-corrected chi connectivity index (χ2v) is 6.18. The highest BCUT2D eigenvalue weighted by atomic mass is 35.5. The van der Waals surface area contributed by atoms with E-state index in [4.69, 9.17) is 28.6 Å². The molecule has 3 rings (SSSR count). The fourth-order valence-corrected chi connectivity index (χ4v) is 2.72. The van der Waals surface area contributed by atoms with Gasteiger partial charge in [0.05, 0.1) is 24.6 Å². The lowest BCUT2D eigenvalue weighted by Gasteiger charge is -2.07. The largest absolute Gasteiger partial charge is 0.362 e. The Hall–Kier alpha value is -2.49. The van der Waals surface area contributed by atoms with E-state index in [0.29, 0.717) is 28.2 Å². The van der Waals surface area contributed by atoms with E-state index in [1.54, 1.807) is 53.3 Å². The van der Waals surface area contributed by atoms with E-state index < -0.39 is 0 Å². The molecule has 0 bridgehead atoms. The maximum Gasteiger partial charge on any atom is 0.176 e. The number of aromatic nitrogens is 4. The van der Waals surface area contributed by atoms with Gasteiger partial charge in [0.2, 0.25) is 0 Å². The highest BCUT2D eigenvalue weighted by Crippen LogP contribution is 2.20. The van der Waals surface area contributed by atoms with Gasteiger partial charge in [-0.3, -0.25) is 4.68 Å². The minimum Gasteiger partial charge on any atom is -0.362 e. The topological polar surface area (TPSA) is 68.9 Å². The minimum absolute atomic E-state index is 0.219. The molecule has 0 amide bonds. The van der Waals surface area contributed by atoms with E-state index in [0.717, 1.165) is 5.69 Å². The van der Waals surface area contributed by atoms with Crippen LogP contribution in [-0.2, 0) is 18.0 Å². The van der Waals surface area contributed by atoms with Crippen molar-refractivity contribution < 1.29 is 9.13 Å². The van der Waals surface area contributed by atoms with Crippen molar-refractivity contribution in [2.24, 2.45) is 0 Å². The Morgan fingerprint density at radius 2 is 2.15 bits per heavy atom. The summed E-state index contributed by atoms with van der Waals surface area (Å²) in [5, 5.41) is 15.1. The molecule has 2 aromatic heterocycles. The van der Waals surface area contributed by atoms with E-state index in [2.05, 4.69) is 20.8 Å². The van der Waals surface area contributed by atoms with Crippen LogP contribution >= 0.6 is 23.8 Å². The number of benzene rings is 1. The molecule has 0 atom stereocenters. The zero-order chi connectivity index (χ0) is 18.5. The summed E-state index contributed by atoms with van der Waals surface area (Å²) >= 11 is 11.3. The molecular weight excluding hydrogens is 379 g/mol. The number of hydrogen-bond donors (Lipinski definition) is 2. The molecule has 10 heteroatoms. The molecule has 1 aromatic carbocycles. The summed E-state index contributed by atoms with van der Waals surface area (Å²) < 4.78 is 22.0. The van der Waals surface area contributed by atoms with Gasteiger partial charge in [0.25, 0.3) is 0 Å². The lowest BCUT2D eigenvalue weighted by molar-refractivity contribution is 0.120. The van der Waals surface area contributed by atoms with E-state index in [-0.39, 0.29) is 12.4 Å². The van der Waals surface area contributed by atoms with Crippen LogP contribution in [0.5, 0.6) is 0 Å². The van der Waals surface area contributed by atoms with E-state index >= 15 is 0 Å². The SMILES string of the molecule is COCn1cc(NC(=S)Nc2ccn(Cc3c(F)cccc3Cl)n2)cn1. The van der Waals surface area contributed by atoms with Crippen LogP contribution in [-0.4, -0.2) is 31.8 Å². The monoisotopic (exact) mass is 394 g/mol. The van der Waals surface area contributed by atoms with Gasteiger partial charge < -0.3 is 15.4 Å². The van der Waals surface area contributed by atoms with Crippen molar-refractivity contribution in [3.8, 4) is 0 Å². The number of anilines is 2. The highest BCUT2D eigenvalue weighted by molar-refractivity contribution is 7.80. The lowest BCUT2D eigenvalue weighted by Crippen LogP contribution is -2.19. The number of nitrogens with one attached hydrogen (secondary N) is 2. The Kier molecular flexibility index (Phi) is 5.82. The summed E-state index contributed by atoms with van der Waals surface area (Å²) in [6, 6.07) is 6.31. The first-order valence-corrected chi connectivity index (χ1v) is 8.39. The Morgan fingerprint density at radius 3 is 2.92 bits per heavy atom. The molecule has 0 saturated heterocycles. The molecule has 7 nitrogen and oxygen atoms in total. The van der Waals surface area contributed by atoms with Crippen LogP contribution in [0.4, 0.5) is 15.9 Å². The summed E-state index contributed by atoms with van der Waals surface area (Å²) in [6.07, 6.45) is 5.10. The minimum atomic E-state index is -0.368. The molecule has 136 valence electrons. The van der Waals surface area contributed by atoms with E-state index in [1.165, 1.54) is 6.07 Å². The zero-order valence-electron chi connectivity index (χ0n) is 13.8. The van der Waals surface area contributed by atoms with Crippen molar-refractivity contribution in [3.63, 3.8) is 0 Å². The lowest BCUT2D eigenvalue weighted by atomic mass is 10.2. The van der Waals surface area contributed by atoms with Crippen LogP contribution in [0.1, 0.15) is 5.56 Å². The Balaban J connectivity index is 1.60. The summed E-state index contributed by atoms with van der Waals surface area (Å²) in [5.41, 5.74) is 1.10. The van der Waals surface area contributed by atoms with Gasteiger partial charge in [0.1, 0.15) is 12.5 Å². The molecular formula is C16H16ClFN6OS. The molecule has 2 N–H and O–H groups in total. The first-order chi connectivity index (χ1) is 12.5. The van der Waals surface area contributed by atoms with Gasteiger partial charge in [-0.05, 0) is 24.4 Å². The third-order valence-electron chi connectivity index (χ3n) is 3.42. The maximum atomic E-state index is 13.9. The summed E-state index contributed by atoms with van der Waals surface area (Å²) in [7, 11) is 1.59. The molecule has 0 radical (unpaired) electrons. The smallest absolute Gasteiger partial charge is 0.176 e. The number of rotatable bonds is 6. The predicted molar refractivity (Wildman–Crippen MR) is 102 cm³/mol. The van der Waals surface area contributed by atoms with Gasteiger partial charge in [-0.25, -0.2) is 9.07 Å². The van der Waals surface area contributed by atoms with Crippen molar-refractivity contribution in [1.29, 1.82) is 0 Å². The van der Waals surface area contributed by atoms with Crippen LogP contribution in [0, 0.1) is 5.82 Å². The van der Waals surface area contributed by atoms with Crippen molar-refractivity contribution in [2.45, 2.75) is 13.3 Å². The first kappa shape index (κ1) is 18.3. The summed E-state index contributed by atoms with van der Waals surface area (Å²) in [4.78, 5) is 0. The van der Waals surface area contributed by atoms with Crippen molar-refractivity contribution in [3.05, 3.63) is 59.3 Å². The molecule has 2 heterocycles. The van der Waals surface area contributed by atoms with Gasteiger partial charge >= 0.3 is 0 Å². The first-order valence-electron chi connectivity index (χ1n) is 7.61. The van der Waals surface area contributed by atoms with Gasteiger partial charge in [0, 0.05) is 30.0 Å². The van der Waals surface area contributed by atoms with Gasteiger partial charge in [-0.1, -0.05) is 17.7 Å². The molecule has 3 aromatic rings. The summed E-state index contributed by atoms with van der Waals surface area (Å²) in [6.45, 7) is 0.571. The second kappa shape index (κ2) is 8.26. The quantitative estimate of drug-likeness (QED) is 0.625. The summed E-state index contributed by atoms with van der Waals surface area (Å²) in [5.74, 6) is 0.159. The normalized spacial score (nSPS) is 10.7. The average Bonchev–Trinajstić information content (AvgIpc) is 3.21. The van der Waals surface area contributed by atoms with E-state index in [9.17, 15) is 4.39 Å². The number of ether oxygens (including phenoxy) is 1. The maximum absolute atomic E-state index is 13.9. The molecule has 0 fully saturated rings. The number of nitrogens with zero attached hydrogens (tertiary/aromatic N) is 4. The van der Waals surface area contributed by atoms with Crippen molar-refractivity contribution in [1.82, 2.24) is 19.6 Å². The number of halogens is 2. The Morgan fingerprint density at radius 1 is 1.31 bits per heavy atom. The molecule has 0 aliphatic heterocycles. The molecule has 0 saturated carbocycles. The fourth-order valence-electron chi connectivity index (χ4n) is 2.27. The third kappa shape index (κ3) is 4.57. The van der Waals surface area contributed by atoms with Crippen LogP contribution in [0.2, 0.25) is 5.02 Å². The molecule has 0 spiro atoms. The second-order valence-electron chi connectivity index (χ2n) is 5.36. The Bertz CT molecular complexity index is 892. The molecule has 0 aliphatic carbocycles. The van der Waals surface area contributed by atoms with Gasteiger partial charge in [0.15, 0.2) is 10.9 Å². The van der Waals surface area contributed by atoms with Gasteiger partial charge in [-0.2, -0.15) is 10.2 Å². The fraction of sp³-hybridized carbons (Fsp3) is 0.188. The van der Waals surface area contributed by atoms with Crippen molar-refractivity contribution in [2.75, 3.05) is 17.7 Å². The number of thiocarbonyl (C=S) groups is 1. The van der Waals surface area contributed by atoms with Crippen molar-refractivity contribution >= 4 is 40.4 Å². The third-order valence-corrected chi connectivity index (χ3v) is 3.97. The zero-order valence-corrected chi connectivity index (χ0v) is 15.4. The standard InChI is InChI=1S/C16H16ClFN6OS/c1-25-10-24-8-11(7-19-24)20-16(26)21-15-5-6-23(22-15)9-12-13(17)3-2-4-14(12)18/h2-8H,9-10H2,1H3,(H2,20,21,22,26). The predicted octanol–water partition coefficient (Wildman–Crippen LogP) is 3.33. The van der Waals surface area contributed by atoms with Crippen LogP contribution < -0.4 is 10.6 Å². The molecule has 26 heavy (non-hydrogen) atoms. The van der Waals surface area contributed by atoms with Crippen LogP contribution in [0.15, 0.2) is 42.9 Å². The molecule has 0 unspecified atom stereocenters. The Labute approximate surface area is 159 Å². The average molecular weight is 395 g/mol. The molecule has 0 aliphatic rings. The van der Waals surface area contributed by atoms with Crippen LogP contribution in [0.25, 0.3) is 0 Å².